The normalized spacial score (nSPS) is 15.0. The topological polar surface area (TPSA) is 18.5 Å². The van der Waals surface area contributed by atoms with Crippen molar-refractivity contribution < 1.29 is 14.0 Å². The van der Waals surface area contributed by atoms with E-state index in [4.69, 9.17) is 9.47 Å². The van der Waals surface area contributed by atoms with E-state index in [2.05, 4.69) is 48.8 Å². The van der Waals surface area contributed by atoms with Crippen molar-refractivity contribution in [2.75, 3.05) is 47.5 Å². The molecule has 3 heteroatoms. The van der Waals surface area contributed by atoms with Crippen molar-refractivity contribution in [2.24, 2.45) is 5.41 Å². The van der Waals surface area contributed by atoms with Crippen molar-refractivity contribution >= 4 is 0 Å². The third kappa shape index (κ3) is 10.7. The van der Waals surface area contributed by atoms with E-state index in [1.807, 2.05) is 0 Å². The molecule has 0 rings (SSSR count). The van der Waals surface area contributed by atoms with Gasteiger partial charge in [-0.15, -0.1) is 0 Å². The van der Waals surface area contributed by atoms with E-state index < -0.39 is 0 Å². The van der Waals surface area contributed by atoms with Crippen LogP contribution in [0.15, 0.2) is 0 Å². The molecule has 0 aliphatic rings. The Labute approximate surface area is 108 Å². The Balaban J connectivity index is 3.36. The van der Waals surface area contributed by atoms with E-state index in [0.29, 0.717) is 6.10 Å². The average Bonchev–Trinajstić information content (AvgIpc) is 2.12. The lowest BCUT2D eigenvalue weighted by molar-refractivity contribution is -0.870. The molecule has 0 aliphatic heterocycles. The Bertz CT molecular complexity index is 191. The molecule has 0 heterocycles. The van der Waals surface area contributed by atoms with E-state index >= 15 is 0 Å². The van der Waals surface area contributed by atoms with Gasteiger partial charge in [0.2, 0.25) is 0 Å². The lowest BCUT2D eigenvalue weighted by Gasteiger charge is -2.27. The van der Waals surface area contributed by atoms with E-state index in [1.54, 1.807) is 0 Å². The molecular weight excluding hydrogens is 214 g/mol. The highest BCUT2D eigenvalue weighted by Gasteiger charge is 2.19. The number of hydrogen-bond acceptors (Lipinski definition) is 2. The first-order chi connectivity index (χ1) is 7.63. The van der Waals surface area contributed by atoms with Crippen molar-refractivity contribution in [2.45, 2.75) is 40.2 Å². The Morgan fingerprint density at radius 2 is 1.59 bits per heavy atom. The predicted molar refractivity (Wildman–Crippen MR) is 73.2 cm³/mol. The second-order valence-corrected chi connectivity index (χ2v) is 6.86. The average molecular weight is 246 g/mol. The number of hydrogen-bond donors (Lipinski definition) is 0. The summed E-state index contributed by atoms with van der Waals surface area (Å²) < 4.78 is 12.3. The Hall–Kier alpha value is -0.120. The molecule has 104 valence electrons. The summed E-state index contributed by atoms with van der Waals surface area (Å²) in [4.78, 5) is 0. The number of rotatable bonds is 8. The third-order valence-electron chi connectivity index (χ3n) is 2.93. The molecule has 0 aromatic carbocycles. The maximum Gasteiger partial charge on any atom is 0.102 e. The first kappa shape index (κ1) is 16.9. The first-order valence-corrected chi connectivity index (χ1v) is 6.63. The first-order valence-electron chi connectivity index (χ1n) is 6.63. The zero-order valence-corrected chi connectivity index (χ0v) is 12.9. The number of quaternary nitrogens is 1. The zero-order valence-electron chi connectivity index (χ0n) is 12.9. The monoisotopic (exact) mass is 246 g/mol. The van der Waals surface area contributed by atoms with Gasteiger partial charge >= 0.3 is 0 Å². The molecule has 0 amide bonds. The largest absolute Gasteiger partial charge is 0.378 e. The van der Waals surface area contributed by atoms with E-state index in [-0.39, 0.29) is 5.41 Å². The van der Waals surface area contributed by atoms with Gasteiger partial charge < -0.3 is 14.0 Å². The van der Waals surface area contributed by atoms with Crippen LogP contribution < -0.4 is 0 Å². The quantitative estimate of drug-likeness (QED) is 0.484. The number of likely N-dealkylation sites (N-methyl/N-ethyl adjacent to an activating group) is 1. The molecule has 0 saturated carbocycles. The zero-order chi connectivity index (χ0) is 13.5. The fourth-order valence-electron chi connectivity index (χ4n) is 1.11. The number of nitrogens with zero attached hydrogens (tertiary/aromatic N) is 1. The summed E-state index contributed by atoms with van der Waals surface area (Å²) in [6, 6.07) is 0. The van der Waals surface area contributed by atoms with Crippen LogP contribution in [0.5, 0.6) is 0 Å². The molecule has 3 nitrogen and oxygen atoms in total. The molecule has 0 aromatic rings. The Morgan fingerprint density at radius 1 is 1.00 bits per heavy atom. The standard InChI is InChI=1S/C14H32NO2/c1-13(14(2,3)4)17-11-8-10-16-12-9-15(5,6)7/h13H,8-12H2,1-7H3/q+1/t13-/m1/s1. The van der Waals surface area contributed by atoms with Gasteiger partial charge in [-0.3, -0.25) is 0 Å². The summed E-state index contributed by atoms with van der Waals surface area (Å²) in [5.41, 5.74) is 0.227. The summed E-state index contributed by atoms with van der Waals surface area (Å²) >= 11 is 0. The molecule has 0 fully saturated rings. The molecule has 0 spiro atoms. The van der Waals surface area contributed by atoms with E-state index in [9.17, 15) is 0 Å². The van der Waals surface area contributed by atoms with Crippen LogP contribution in [0.3, 0.4) is 0 Å². The van der Waals surface area contributed by atoms with Crippen molar-refractivity contribution in [3.63, 3.8) is 0 Å². The number of ether oxygens (including phenoxy) is 2. The lowest BCUT2D eigenvalue weighted by atomic mass is 9.90. The molecular formula is C14H32NO2+. The van der Waals surface area contributed by atoms with E-state index in [0.717, 1.165) is 37.3 Å². The van der Waals surface area contributed by atoms with Crippen LogP contribution in [0, 0.1) is 5.41 Å². The molecule has 0 radical (unpaired) electrons. The van der Waals surface area contributed by atoms with E-state index in [1.165, 1.54) is 0 Å². The minimum Gasteiger partial charge on any atom is -0.378 e. The highest BCUT2D eigenvalue weighted by Crippen LogP contribution is 2.21. The fraction of sp³-hybridized carbons (Fsp3) is 1.00. The van der Waals surface area contributed by atoms with Crippen LogP contribution in [0.4, 0.5) is 0 Å². The van der Waals surface area contributed by atoms with Crippen LogP contribution in [0.2, 0.25) is 0 Å². The summed E-state index contributed by atoms with van der Waals surface area (Å²) in [6.07, 6.45) is 1.28. The molecule has 0 N–H and O–H groups in total. The molecule has 0 aliphatic carbocycles. The fourth-order valence-corrected chi connectivity index (χ4v) is 1.11. The highest BCUT2D eigenvalue weighted by molar-refractivity contribution is 4.69. The van der Waals surface area contributed by atoms with Gasteiger partial charge in [-0.2, -0.15) is 0 Å². The van der Waals surface area contributed by atoms with Gasteiger partial charge in [-0.1, -0.05) is 20.8 Å². The third-order valence-corrected chi connectivity index (χ3v) is 2.93. The molecule has 0 aromatic heterocycles. The van der Waals surface area contributed by atoms with Crippen molar-refractivity contribution in [1.82, 2.24) is 0 Å². The van der Waals surface area contributed by atoms with Gasteiger partial charge in [0, 0.05) is 13.2 Å². The van der Waals surface area contributed by atoms with Gasteiger partial charge in [0.25, 0.3) is 0 Å². The van der Waals surface area contributed by atoms with Crippen LogP contribution >= 0.6 is 0 Å². The minimum absolute atomic E-state index is 0.227. The molecule has 0 unspecified atom stereocenters. The maximum absolute atomic E-state index is 5.77. The van der Waals surface area contributed by atoms with Crippen LogP contribution in [-0.4, -0.2) is 58.1 Å². The van der Waals surface area contributed by atoms with Gasteiger partial charge in [-0.05, 0) is 18.8 Å². The van der Waals surface area contributed by atoms with Crippen LogP contribution in [-0.2, 0) is 9.47 Å². The molecule has 1 atom stereocenters. The van der Waals surface area contributed by atoms with Gasteiger partial charge in [0.15, 0.2) is 0 Å². The SMILES string of the molecule is C[C@@H](OCCCOCC[N+](C)(C)C)C(C)(C)C. The van der Waals surface area contributed by atoms with Gasteiger partial charge in [0.05, 0.1) is 33.9 Å². The van der Waals surface area contributed by atoms with Crippen molar-refractivity contribution in [3.05, 3.63) is 0 Å². The molecule has 0 saturated heterocycles. The Morgan fingerprint density at radius 3 is 2.06 bits per heavy atom. The van der Waals surface area contributed by atoms with Crippen LogP contribution in [0.1, 0.15) is 34.1 Å². The van der Waals surface area contributed by atoms with Gasteiger partial charge in [0.1, 0.15) is 6.54 Å². The van der Waals surface area contributed by atoms with Crippen molar-refractivity contribution in [1.29, 1.82) is 0 Å². The summed E-state index contributed by atoms with van der Waals surface area (Å²) in [7, 11) is 6.53. The molecule has 0 bridgehead atoms. The smallest absolute Gasteiger partial charge is 0.102 e. The van der Waals surface area contributed by atoms with Crippen molar-refractivity contribution in [3.8, 4) is 0 Å². The second kappa shape index (κ2) is 7.34. The summed E-state index contributed by atoms with van der Waals surface area (Å²) in [5.74, 6) is 0. The minimum atomic E-state index is 0.227. The van der Waals surface area contributed by atoms with Gasteiger partial charge in [-0.25, -0.2) is 0 Å². The van der Waals surface area contributed by atoms with Crippen LogP contribution in [0.25, 0.3) is 0 Å². The second-order valence-electron chi connectivity index (χ2n) is 6.86. The summed E-state index contributed by atoms with van der Waals surface area (Å²) in [6.45, 7) is 12.2. The predicted octanol–water partition coefficient (Wildman–Crippen LogP) is 2.55. The maximum atomic E-state index is 5.77. The highest BCUT2D eigenvalue weighted by atomic mass is 16.5. The lowest BCUT2D eigenvalue weighted by Crippen LogP contribution is -2.37. The summed E-state index contributed by atoms with van der Waals surface area (Å²) in [5, 5.41) is 0. The Kier molecular flexibility index (Phi) is 7.29. The molecule has 17 heavy (non-hydrogen) atoms.